The number of carboxylic acids is 1. The Hall–Kier alpha value is -4.24. The van der Waals surface area contributed by atoms with Gasteiger partial charge in [-0.15, -0.1) is 0 Å². The smallest absolute Gasteiger partial charge is 0.328 e. The lowest BCUT2D eigenvalue weighted by atomic mass is 10.1. The highest BCUT2D eigenvalue weighted by atomic mass is 16.5. The Labute approximate surface area is 338 Å². The minimum atomic E-state index is -1.40. The minimum Gasteiger partial charge on any atom is -0.480 e. The number of hydrogen-bond acceptors (Lipinski definition) is 6. The van der Waals surface area contributed by atoms with Crippen LogP contribution < -0.4 is 10.6 Å². The highest BCUT2D eigenvalue weighted by Crippen LogP contribution is 2.14. The summed E-state index contributed by atoms with van der Waals surface area (Å²) in [4.78, 5) is 47.5. The molecule has 0 saturated heterocycles. The Morgan fingerprint density at radius 2 is 1.02 bits per heavy atom. The second-order valence-electron chi connectivity index (χ2n) is 13.7. The van der Waals surface area contributed by atoms with Gasteiger partial charge in [0.25, 0.3) is 0 Å². The summed E-state index contributed by atoms with van der Waals surface area (Å²) in [5.41, 5.74) is 0. The number of unbranched alkanes of at least 4 members (excludes halogenated alkanes) is 8. The third kappa shape index (κ3) is 36.7. The van der Waals surface area contributed by atoms with Crippen LogP contribution in [0.25, 0.3) is 0 Å². The monoisotopic (exact) mass is 779 g/mol. The molecule has 0 aromatic heterocycles. The van der Waals surface area contributed by atoms with Crippen molar-refractivity contribution in [1.82, 2.24) is 10.6 Å². The number of aliphatic hydroxyl groups is 1. The third-order valence-electron chi connectivity index (χ3n) is 8.56. The molecule has 314 valence electrons. The number of ether oxygens (including phenoxy) is 1. The molecular weight excluding hydrogens is 705 g/mol. The van der Waals surface area contributed by atoms with Gasteiger partial charge in [-0.2, -0.15) is 0 Å². The topological polar surface area (TPSA) is 142 Å². The van der Waals surface area contributed by atoms with Crippen LogP contribution in [0.2, 0.25) is 0 Å². The number of hydrogen-bond donors (Lipinski definition) is 4. The van der Waals surface area contributed by atoms with Gasteiger partial charge in [-0.3, -0.25) is 14.4 Å². The van der Waals surface area contributed by atoms with Crippen molar-refractivity contribution in [2.75, 3.05) is 13.2 Å². The molecule has 0 aromatic carbocycles. The van der Waals surface area contributed by atoms with E-state index in [0.717, 1.165) is 109 Å². The van der Waals surface area contributed by atoms with Crippen LogP contribution in [0.15, 0.2) is 97.2 Å². The molecule has 0 aromatic rings. The van der Waals surface area contributed by atoms with Crippen molar-refractivity contribution >= 4 is 23.8 Å². The van der Waals surface area contributed by atoms with Crippen LogP contribution in [-0.4, -0.2) is 59.3 Å². The molecule has 2 atom stereocenters. The summed E-state index contributed by atoms with van der Waals surface area (Å²) in [7, 11) is 0. The first kappa shape index (κ1) is 51.8. The zero-order valence-corrected chi connectivity index (χ0v) is 34.6. The van der Waals surface area contributed by atoms with Crippen LogP contribution in [0.4, 0.5) is 0 Å². The number of carbonyl (C=O) groups is 4. The summed E-state index contributed by atoms with van der Waals surface area (Å²) in [6.07, 6.45) is 53.2. The van der Waals surface area contributed by atoms with Crippen LogP contribution >= 0.6 is 0 Å². The fourth-order valence-electron chi connectivity index (χ4n) is 5.38. The predicted molar refractivity (Wildman–Crippen MR) is 231 cm³/mol. The largest absolute Gasteiger partial charge is 0.480 e. The zero-order valence-electron chi connectivity index (χ0n) is 34.6. The molecule has 56 heavy (non-hydrogen) atoms. The van der Waals surface area contributed by atoms with Crippen molar-refractivity contribution in [2.24, 2.45) is 0 Å². The third-order valence-corrected chi connectivity index (χ3v) is 8.56. The maximum atomic E-state index is 12.7. The highest BCUT2D eigenvalue weighted by Gasteiger charge is 2.18. The molecule has 0 aliphatic heterocycles. The molecular formula is C47H74N2O7. The normalized spacial score (nSPS) is 13.5. The van der Waals surface area contributed by atoms with E-state index in [-0.39, 0.29) is 30.9 Å². The van der Waals surface area contributed by atoms with Crippen molar-refractivity contribution in [3.05, 3.63) is 97.2 Å². The molecule has 0 heterocycles. The summed E-state index contributed by atoms with van der Waals surface area (Å²) < 4.78 is 5.87. The first-order chi connectivity index (χ1) is 27.3. The van der Waals surface area contributed by atoms with Gasteiger partial charge in [0.2, 0.25) is 11.8 Å². The maximum absolute atomic E-state index is 12.7. The van der Waals surface area contributed by atoms with Gasteiger partial charge < -0.3 is 25.6 Å². The minimum absolute atomic E-state index is 0.159. The Kier molecular flexibility index (Phi) is 37.4. The lowest BCUT2D eigenvalue weighted by molar-refractivity contribution is -0.147. The van der Waals surface area contributed by atoms with E-state index in [4.69, 9.17) is 14.9 Å². The molecule has 0 rings (SSSR count). The van der Waals surface area contributed by atoms with E-state index >= 15 is 0 Å². The SMILES string of the molecule is CC/C=C\C/C=C\C/C=C\C/C=C\C/C=C\CCCCCCCC(=O)OC(/C=C\C/C=C\C/C=C\CC)CCCCCCC(=O)NCC(=O)NC(CO)C(=O)O. The van der Waals surface area contributed by atoms with E-state index in [0.29, 0.717) is 19.3 Å². The van der Waals surface area contributed by atoms with Crippen molar-refractivity contribution in [3.8, 4) is 0 Å². The second kappa shape index (κ2) is 40.4. The summed E-state index contributed by atoms with van der Waals surface area (Å²) in [6.45, 7) is 3.18. The Morgan fingerprint density at radius 1 is 0.554 bits per heavy atom. The highest BCUT2D eigenvalue weighted by molar-refractivity contribution is 5.87. The first-order valence-corrected chi connectivity index (χ1v) is 21.1. The molecule has 9 nitrogen and oxygen atoms in total. The number of aliphatic carboxylic acids is 1. The molecule has 0 fully saturated rings. The molecule has 0 radical (unpaired) electrons. The van der Waals surface area contributed by atoms with Crippen LogP contribution in [0.1, 0.15) is 149 Å². The van der Waals surface area contributed by atoms with Gasteiger partial charge in [0, 0.05) is 12.8 Å². The van der Waals surface area contributed by atoms with Gasteiger partial charge >= 0.3 is 11.9 Å². The lowest BCUT2D eigenvalue weighted by Gasteiger charge is -2.15. The Bertz CT molecular complexity index is 1260. The number of esters is 1. The molecule has 2 amide bonds. The van der Waals surface area contributed by atoms with Gasteiger partial charge in [0.15, 0.2) is 0 Å². The predicted octanol–water partition coefficient (Wildman–Crippen LogP) is 10.3. The van der Waals surface area contributed by atoms with Crippen molar-refractivity contribution < 1.29 is 34.1 Å². The Balaban J connectivity index is 4.32. The quantitative estimate of drug-likeness (QED) is 0.0282. The van der Waals surface area contributed by atoms with Crippen molar-refractivity contribution in [1.29, 1.82) is 0 Å². The number of allylic oxidation sites excluding steroid dienone is 15. The molecule has 0 saturated carbocycles. The fraction of sp³-hybridized carbons (Fsp3) is 0.574. The second-order valence-corrected chi connectivity index (χ2v) is 13.7. The number of carbonyl (C=O) groups excluding carboxylic acids is 3. The first-order valence-electron chi connectivity index (χ1n) is 21.1. The van der Waals surface area contributed by atoms with Gasteiger partial charge in [-0.05, 0) is 96.0 Å². The lowest BCUT2D eigenvalue weighted by Crippen LogP contribution is -2.47. The number of rotatable bonds is 36. The molecule has 9 heteroatoms. The van der Waals surface area contributed by atoms with E-state index in [2.05, 4.69) is 116 Å². The molecule has 0 spiro atoms. The molecule has 2 unspecified atom stereocenters. The van der Waals surface area contributed by atoms with E-state index in [9.17, 15) is 19.2 Å². The summed E-state index contributed by atoms with van der Waals surface area (Å²) in [6, 6.07) is -1.40. The van der Waals surface area contributed by atoms with E-state index in [1.54, 1.807) is 0 Å². The van der Waals surface area contributed by atoms with Gasteiger partial charge in [0.05, 0.1) is 13.2 Å². The summed E-state index contributed by atoms with van der Waals surface area (Å²) in [5, 5.41) is 22.5. The molecule has 0 aliphatic rings. The van der Waals surface area contributed by atoms with E-state index < -0.39 is 24.5 Å². The molecule has 0 bridgehead atoms. The maximum Gasteiger partial charge on any atom is 0.328 e. The fourth-order valence-corrected chi connectivity index (χ4v) is 5.38. The van der Waals surface area contributed by atoms with E-state index in [1.165, 1.54) is 0 Å². The van der Waals surface area contributed by atoms with Gasteiger partial charge in [0.1, 0.15) is 12.1 Å². The molecule has 0 aliphatic carbocycles. The van der Waals surface area contributed by atoms with Crippen LogP contribution in [0.5, 0.6) is 0 Å². The number of nitrogens with one attached hydrogen (secondary N) is 2. The zero-order chi connectivity index (χ0) is 41.2. The van der Waals surface area contributed by atoms with Crippen LogP contribution in [0.3, 0.4) is 0 Å². The number of carboxylic acid groups (broad SMARTS) is 1. The Morgan fingerprint density at radius 3 is 1.55 bits per heavy atom. The van der Waals surface area contributed by atoms with Crippen LogP contribution in [0, 0.1) is 0 Å². The summed E-state index contributed by atoms with van der Waals surface area (Å²) >= 11 is 0. The van der Waals surface area contributed by atoms with Crippen molar-refractivity contribution in [2.45, 2.75) is 161 Å². The van der Waals surface area contributed by atoms with Crippen molar-refractivity contribution in [3.63, 3.8) is 0 Å². The van der Waals surface area contributed by atoms with Crippen LogP contribution in [-0.2, 0) is 23.9 Å². The standard InChI is InChI=1S/C47H74N2O7/c1-3-5-7-9-11-13-14-15-16-17-18-19-20-21-22-23-24-25-27-29-35-39-46(53)56-42(36-32-28-26-12-10-8-6-4-2)37-33-30-31-34-38-44(51)48-40-45(52)49-43(41-50)47(54)55/h5-8,11-13,15-16,18-19,21-22,26,32,36,42-43,50H,3-4,9-10,14,17,20,23-25,27-31,33-35,37-41H2,1-2H3,(H,48,51)(H,49,52)(H,54,55)/b7-5-,8-6-,13-11-,16-15-,19-18-,22-21-,26-12-,36-32-. The average molecular weight is 779 g/mol. The van der Waals surface area contributed by atoms with Gasteiger partial charge in [-0.1, -0.05) is 137 Å². The number of amides is 2. The van der Waals surface area contributed by atoms with Gasteiger partial charge in [-0.25, -0.2) is 4.79 Å². The molecule has 4 N–H and O–H groups in total. The summed E-state index contributed by atoms with van der Waals surface area (Å²) in [5.74, 6) is -2.48. The number of aliphatic hydroxyl groups excluding tert-OH is 1. The van der Waals surface area contributed by atoms with E-state index in [1.807, 2.05) is 6.08 Å². The average Bonchev–Trinajstić information content (AvgIpc) is 3.18.